The van der Waals surface area contributed by atoms with E-state index >= 15 is 0 Å². The van der Waals surface area contributed by atoms with E-state index in [9.17, 15) is 9.59 Å². The molecule has 3 aromatic rings. The number of carbonyl (C=O) groups is 2. The Kier molecular flexibility index (Phi) is 4.48. The molecule has 3 aromatic heterocycles. The van der Waals surface area contributed by atoms with Crippen molar-refractivity contribution in [2.75, 3.05) is 0 Å². The molecule has 2 N–H and O–H groups in total. The highest BCUT2D eigenvalue weighted by molar-refractivity contribution is 7.12. The van der Waals surface area contributed by atoms with Crippen molar-refractivity contribution in [3.63, 3.8) is 0 Å². The van der Waals surface area contributed by atoms with Gasteiger partial charge in [0.1, 0.15) is 5.82 Å². The van der Waals surface area contributed by atoms with Crippen LogP contribution in [0, 0.1) is 0 Å². The van der Waals surface area contributed by atoms with E-state index in [1.54, 1.807) is 29.9 Å². The van der Waals surface area contributed by atoms with Crippen molar-refractivity contribution in [3.8, 4) is 11.4 Å². The summed E-state index contributed by atoms with van der Waals surface area (Å²) in [5.41, 5.74) is 1.26. The maximum atomic E-state index is 12.3. The molecule has 1 atom stereocenters. The third-order valence-corrected chi connectivity index (χ3v) is 4.42. The van der Waals surface area contributed by atoms with E-state index in [2.05, 4.69) is 25.5 Å². The van der Waals surface area contributed by atoms with Crippen LogP contribution in [0.1, 0.15) is 45.7 Å². The number of amides is 1. The summed E-state index contributed by atoms with van der Waals surface area (Å²) in [4.78, 5) is 32.5. The Hall–Kier alpha value is -2.87. The summed E-state index contributed by atoms with van der Waals surface area (Å²) in [6, 6.07) is 4.91. The summed E-state index contributed by atoms with van der Waals surface area (Å²) >= 11 is 1.26. The molecule has 0 aliphatic carbocycles. The lowest BCUT2D eigenvalue weighted by molar-refractivity contribution is 0.0938. The maximum absolute atomic E-state index is 12.3. The molecule has 3 rings (SSSR count). The van der Waals surface area contributed by atoms with Crippen molar-refractivity contribution in [1.29, 1.82) is 0 Å². The molecule has 0 radical (unpaired) electrons. The van der Waals surface area contributed by atoms with Crippen LogP contribution < -0.4 is 5.32 Å². The van der Waals surface area contributed by atoms with Crippen LogP contribution in [0.5, 0.6) is 0 Å². The van der Waals surface area contributed by atoms with E-state index < -0.39 is 0 Å². The van der Waals surface area contributed by atoms with E-state index in [0.29, 0.717) is 22.1 Å². The average molecular weight is 341 g/mol. The van der Waals surface area contributed by atoms with Gasteiger partial charge in [0.25, 0.3) is 5.91 Å². The Bertz CT molecular complexity index is 871. The molecular weight excluding hydrogens is 326 g/mol. The van der Waals surface area contributed by atoms with Crippen molar-refractivity contribution in [3.05, 3.63) is 52.2 Å². The summed E-state index contributed by atoms with van der Waals surface area (Å²) in [6.07, 6.45) is 3.35. The molecule has 0 aliphatic heterocycles. The Morgan fingerprint density at radius 3 is 2.88 bits per heavy atom. The van der Waals surface area contributed by atoms with Gasteiger partial charge in [-0.15, -0.1) is 11.3 Å². The molecule has 0 fully saturated rings. The number of hydrogen-bond donors (Lipinski definition) is 2. The number of nitrogens with one attached hydrogen (secondary N) is 2. The van der Waals surface area contributed by atoms with Gasteiger partial charge in [0.05, 0.1) is 16.5 Å². The summed E-state index contributed by atoms with van der Waals surface area (Å²) in [5, 5.41) is 11.5. The largest absolute Gasteiger partial charge is 0.342 e. The Morgan fingerprint density at radius 2 is 2.21 bits per heavy atom. The van der Waals surface area contributed by atoms with Crippen LogP contribution in [0.3, 0.4) is 0 Å². The fraction of sp³-hybridized carbons (Fsp3) is 0.188. The second-order valence-electron chi connectivity index (χ2n) is 5.24. The van der Waals surface area contributed by atoms with Gasteiger partial charge < -0.3 is 5.32 Å². The molecule has 7 nitrogen and oxygen atoms in total. The predicted molar refractivity (Wildman–Crippen MR) is 89.8 cm³/mol. The monoisotopic (exact) mass is 341 g/mol. The van der Waals surface area contributed by atoms with E-state index in [0.717, 1.165) is 5.56 Å². The van der Waals surface area contributed by atoms with Crippen LogP contribution in [-0.4, -0.2) is 31.9 Å². The van der Waals surface area contributed by atoms with Gasteiger partial charge in [-0.3, -0.25) is 19.7 Å². The number of carbonyl (C=O) groups excluding carboxylic acids is 2. The highest BCUT2D eigenvalue weighted by Gasteiger charge is 2.17. The van der Waals surface area contributed by atoms with Crippen molar-refractivity contribution in [2.45, 2.75) is 19.9 Å². The van der Waals surface area contributed by atoms with Crippen molar-refractivity contribution >= 4 is 23.0 Å². The van der Waals surface area contributed by atoms with Crippen LogP contribution in [0.2, 0.25) is 0 Å². The molecule has 0 unspecified atom stereocenters. The first-order chi connectivity index (χ1) is 11.5. The van der Waals surface area contributed by atoms with Crippen LogP contribution >= 0.6 is 11.3 Å². The molecule has 1 amide bonds. The standard InChI is InChI=1S/C16H15N5O2S/c1-9(18-16(23)12-6-13(10(2)22)24-8-12)14-19-15(21-20-14)11-4-3-5-17-7-11/h3-9H,1-2H3,(H,18,23)(H,19,20,21)/t9-/m1/s1. The lowest BCUT2D eigenvalue weighted by Gasteiger charge is -2.09. The first-order valence-corrected chi connectivity index (χ1v) is 8.15. The quantitative estimate of drug-likeness (QED) is 0.695. The minimum absolute atomic E-state index is 0.0524. The van der Waals surface area contributed by atoms with Gasteiger partial charge in [0.15, 0.2) is 11.6 Å². The topological polar surface area (TPSA) is 101 Å². The number of pyridine rings is 1. The molecule has 0 saturated heterocycles. The molecule has 24 heavy (non-hydrogen) atoms. The molecule has 0 bridgehead atoms. The predicted octanol–water partition coefficient (Wildman–Crippen LogP) is 2.62. The van der Waals surface area contributed by atoms with Crippen molar-refractivity contribution < 1.29 is 9.59 Å². The fourth-order valence-corrected chi connectivity index (χ4v) is 2.87. The smallest absolute Gasteiger partial charge is 0.252 e. The van der Waals surface area contributed by atoms with Crippen LogP contribution in [0.4, 0.5) is 0 Å². The minimum Gasteiger partial charge on any atom is -0.342 e. The molecular formula is C16H15N5O2S. The third-order valence-electron chi connectivity index (χ3n) is 3.39. The SMILES string of the molecule is CC(=O)c1cc(C(=O)N[C@H](C)c2nc(-c3cccnc3)n[nH]2)cs1. The highest BCUT2D eigenvalue weighted by Crippen LogP contribution is 2.18. The van der Waals surface area contributed by atoms with Gasteiger partial charge in [0.2, 0.25) is 0 Å². The normalized spacial score (nSPS) is 11.9. The van der Waals surface area contributed by atoms with Crippen LogP contribution in [0.15, 0.2) is 36.0 Å². The van der Waals surface area contributed by atoms with E-state index in [1.165, 1.54) is 18.3 Å². The van der Waals surface area contributed by atoms with Gasteiger partial charge in [-0.25, -0.2) is 4.98 Å². The maximum Gasteiger partial charge on any atom is 0.252 e. The van der Waals surface area contributed by atoms with E-state index in [-0.39, 0.29) is 17.7 Å². The van der Waals surface area contributed by atoms with Crippen LogP contribution in [-0.2, 0) is 0 Å². The lowest BCUT2D eigenvalue weighted by atomic mass is 10.2. The number of thiophene rings is 1. The summed E-state index contributed by atoms with van der Waals surface area (Å²) in [5.74, 6) is 0.756. The number of aromatic nitrogens is 4. The molecule has 122 valence electrons. The van der Waals surface area contributed by atoms with Crippen molar-refractivity contribution in [1.82, 2.24) is 25.5 Å². The first kappa shape index (κ1) is 16.0. The second-order valence-corrected chi connectivity index (χ2v) is 6.15. The Balaban J connectivity index is 1.70. The zero-order valence-corrected chi connectivity index (χ0v) is 13.9. The molecule has 0 saturated carbocycles. The number of Topliss-reactive ketones (excluding diaryl/α,β-unsaturated/α-hetero) is 1. The number of nitrogens with zero attached hydrogens (tertiary/aromatic N) is 3. The molecule has 0 spiro atoms. The summed E-state index contributed by atoms with van der Waals surface area (Å²) < 4.78 is 0. The Labute approximate surface area is 142 Å². The molecule has 8 heteroatoms. The molecule has 3 heterocycles. The summed E-state index contributed by atoms with van der Waals surface area (Å²) in [7, 11) is 0. The third kappa shape index (κ3) is 3.38. The number of rotatable bonds is 5. The van der Waals surface area contributed by atoms with Gasteiger partial charge in [0, 0.05) is 23.3 Å². The first-order valence-electron chi connectivity index (χ1n) is 7.27. The number of hydrogen-bond acceptors (Lipinski definition) is 6. The fourth-order valence-electron chi connectivity index (χ4n) is 2.08. The lowest BCUT2D eigenvalue weighted by Crippen LogP contribution is -2.27. The van der Waals surface area contributed by atoms with Gasteiger partial charge in [-0.2, -0.15) is 5.10 Å². The van der Waals surface area contributed by atoms with Crippen molar-refractivity contribution in [2.24, 2.45) is 0 Å². The minimum atomic E-state index is -0.351. The average Bonchev–Trinajstić information content (AvgIpc) is 3.25. The zero-order valence-electron chi connectivity index (χ0n) is 13.1. The van der Waals surface area contributed by atoms with E-state index in [1.807, 2.05) is 13.0 Å². The van der Waals surface area contributed by atoms with Gasteiger partial charge in [-0.1, -0.05) is 0 Å². The number of H-pyrrole nitrogens is 1. The van der Waals surface area contributed by atoms with Gasteiger partial charge in [-0.05, 0) is 32.0 Å². The molecule has 0 aliphatic rings. The number of aromatic amines is 1. The molecule has 0 aromatic carbocycles. The number of ketones is 1. The van der Waals surface area contributed by atoms with E-state index in [4.69, 9.17) is 0 Å². The summed E-state index contributed by atoms with van der Waals surface area (Å²) in [6.45, 7) is 3.29. The van der Waals surface area contributed by atoms with Gasteiger partial charge >= 0.3 is 0 Å². The highest BCUT2D eigenvalue weighted by atomic mass is 32.1. The Morgan fingerprint density at radius 1 is 1.38 bits per heavy atom. The second kappa shape index (κ2) is 6.71. The zero-order chi connectivity index (χ0) is 17.1. The van der Waals surface area contributed by atoms with Crippen LogP contribution in [0.25, 0.3) is 11.4 Å².